The third-order valence-corrected chi connectivity index (χ3v) is 5.79. The van der Waals surface area contributed by atoms with Crippen molar-refractivity contribution in [3.63, 3.8) is 0 Å². The molecule has 3 N–H and O–H groups in total. The van der Waals surface area contributed by atoms with Crippen LogP contribution in [0.2, 0.25) is 0 Å². The van der Waals surface area contributed by atoms with Gasteiger partial charge in [0.25, 0.3) is 0 Å². The fraction of sp³-hybridized carbons (Fsp3) is 0.867. The fourth-order valence-corrected chi connectivity index (χ4v) is 4.42. The van der Waals surface area contributed by atoms with Crippen LogP contribution >= 0.6 is 0 Å². The molecular formula is C15H25N3O3. The van der Waals surface area contributed by atoms with Crippen molar-refractivity contribution in [1.29, 1.82) is 0 Å². The summed E-state index contributed by atoms with van der Waals surface area (Å²) in [7, 11) is 0. The number of carbonyl (C=O) groups is 2. The largest absolute Gasteiger partial charge is 0.377 e. The van der Waals surface area contributed by atoms with Crippen molar-refractivity contribution in [2.75, 3.05) is 19.7 Å². The molecule has 0 aromatic heterocycles. The molecule has 0 aromatic rings. The minimum atomic E-state index is -0.917. The predicted octanol–water partition coefficient (Wildman–Crippen LogP) is -0.134. The van der Waals surface area contributed by atoms with Gasteiger partial charge in [0.2, 0.25) is 11.8 Å². The highest BCUT2D eigenvalue weighted by Gasteiger charge is 2.72. The molecule has 6 heteroatoms. The molecule has 3 fully saturated rings. The third kappa shape index (κ3) is 1.72. The molecule has 3 aliphatic rings. The molecule has 4 atom stereocenters. The second kappa shape index (κ2) is 4.68. The second-order valence-corrected chi connectivity index (χ2v) is 6.99. The lowest BCUT2D eigenvalue weighted by Gasteiger charge is -2.62. The number of hydrogen-bond acceptors (Lipinski definition) is 4. The van der Waals surface area contributed by atoms with Crippen molar-refractivity contribution in [3.8, 4) is 0 Å². The fourth-order valence-electron chi connectivity index (χ4n) is 4.42. The summed E-state index contributed by atoms with van der Waals surface area (Å²) >= 11 is 0. The minimum absolute atomic E-state index is 0.0603. The zero-order valence-corrected chi connectivity index (χ0v) is 13.0. The first-order chi connectivity index (χ1) is 9.85. The Balaban J connectivity index is 1.89. The topological polar surface area (TPSA) is 84.7 Å². The number of nitrogens with one attached hydrogen (secondary N) is 1. The minimum Gasteiger partial charge on any atom is -0.377 e. The van der Waals surface area contributed by atoms with E-state index in [9.17, 15) is 9.59 Å². The molecule has 0 radical (unpaired) electrons. The summed E-state index contributed by atoms with van der Waals surface area (Å²) in [5, 5.41) is 2.82. The van der Waals surface area contributed by atoms with Crippen LogP contribution in [0.15, 0.2) is 0 Å². The summed E-state index contributed by atoms with van der Waals surface area (Å²) < 4.78 is 5.74. The molecule has 2 saturated heterocycles. The maximum atomic E-state index is 13.1. The van der Waals surface area contributed by atoms with Crippen LogP contribution in [0.3, 0.4) is 0 Å². The van der Waals surface area contributed by atoms with Gasteiger partial charge < -0.3 is 20.7 Å². The van der Waals surface area contributed by atoms with E-state index in [1.807, 2.05) is 20.8 Å². The lowest BCUT2D eigenvalue weighted by atomic mass is 9.47. The zero-order valence-electron chi connectivity index (χ0n) is 13.0. The maximum Gasteiger partial charge on any atom is 0.244 e. The molecule has 0 spiro atoms. The molecular weight excluding hydrogens is 270 g/mol. The molecule has 118 valence electrons. The van der Waals surface area contributed by atoms with Gasteiger partial charge in [0.15, 0.2) is 0 Å². The van der Waals surface area contributed by atoms with Gasteiger partial charge in [0, 0.05) is 31.0 Å². The van der Waals surface area contributed by atoms with Crippen molar-refractivity contribution in [1.82, 2.24) is 10.2 Å². The average molecular weight is 295 g/mol. The van der Waals surface area contributed by atoms with Gasteiger partial charge >= 0.3 is 0 Å². The van der Waals surface area contributed by atoms with Crippen molar-refractivity contribution < 1.29 is 14.3 Å². The Hall–Kier alpha value is -1.14. The third-order valence-electron chi connectivity index (χ3n) is 5.79. The van der Waals surface area contributed by atoms with Crippen LogP contribution in [-0.2, 0) is 14.3 Å². The maximum absolute atomic E-state index is 13.1. The van der Waals surface area contributed by atoms with Crippen LogP contribution in [0.5, 0.6) is 0 Å². The smallest absolute Gasteiger partial charge is 0.244 e. The molecule has 0 aromatic carbocycles. The molecule has 21 heavy (non-hydrogen) atoms. The van der Waals surface area contributed by atoms with Gasteiger partial charge in [0.1, 0.15) is 11.6 Å². The number of nitrogens with two attached hydrogens (primary N) is 1. The number of nitrogens with zero attached hydrogens (tertiary/aromatic N) is 1. The SMILES string of the molecule is CCC1C(=O)NCCN1C(=O)C1(N)C2CCOC2C1(C)C. The van der Waals surface area contributed by atoms with Crippen LogP contribution in [0.4, 0.5) is 0 Å². The normalized spacial score (nSPS) is 41.2. The van der Waals surface area contributed by atoms with Crippen molar-refractivity contribution in [3.05, 3.63) is 0 Å². The molecule has 0 bridgehead atoms. The average Bonchev–Trinajstić information content (AvgIpc) is 2.93. The Morgan fingerprint density at radius 1 is 1.52 bits per heavy atom. The monoisotopic (exact) mass is 295 g/mol. The number of piperazine rings is 1. The zero-order chi connectivity index (χ0) is 15.4. The molecule has 3 rings (SSSR count). The first-order valence-corrected chi connectivity index (χ1v) is 7.85. The Morgan fingerprint density at radius 3 is 2.90 bits per heavy atom. The van der Waals surface area contributed by atoms with E-state index in [1.54, 1.807) is 4.90 Å². The number of hydrogen-bond donors (Lipinski definition) is 2. The van der Waals surface area contributed by atoms with Gasteiger partial charge in [-0.05, 0) is 12.8 Å². The highest BCUT2D eigenvalue weighted by atomic mass is 16.5. The van der Waals surface area contributed by atoms with Crippen LogP contribution in [0, 0.1) is 11.3 Å². The Morgan fingerprint density at radius 2 is 2.24 bits per heavy atom. The predicted molar refractivity (Wildman–Crippen MR) is 77.3 cm³/mol. The van der Waals surface area contributed by atoms with Crippen LogP contribution in [0.1, 0.15) is 33.6 Å². The number of rotatable bonds is 2. The van der Waals surface area contributed by atoms with Crippen LogP contribution in [-0.4, -0.2) is 54.1 Å². The molecule has 2 heterocycles. The van der Waals surface area contributed by atoms with Gasteiger partial charge in [-0.2, -0.15) is 0 Å². The van der Waals surface area contributed by atoms with E-state index in [-0.39, 0.29) is 23.8 Å². The summed E-state index contributed by atoms with van der Waals surface area (Å²) in [6.07, 6.45) is 1.50. The molecule has 1 saturated carbocycles. The number of ether oxygens (including phenoxy) is 1. The second-order valence-electron chi connectivity index (χ2n) is 6.99. The van der Waals surface area contributed by atoms with Gasteiger partial charge in [0.05, 0.1) is 6.10 Å². The summed E-state index contributed by atoms with van der Waals surface area (Å²) in [6.45, 7) is 7.64. The number of carbonyl (C=O) groups excluding carboxylic acids is 2. The first kappa shape index (κ1) is 14.8. The lowest BCUT2D eigenvalue weighted by molar-refractivity contribution is -0.187. The lowest BCUT2D eigenvalue weighted by Crippen LogP contribution is -2.81. The first-order valence-electron chi connectivity index (χ1n) is 7.85. The van der Waals surface area contributed by atoms with E-state index < -0.39 is 17.0 Å². The van der Waals surface area contributed by atoms with E-state index in [4.69, 9.17) is 10.5 Å². The molecule has 2 aliphatic heterocycles. The van der Waals surface area contributed by atoms with E-state index in [2.05, 4.69) is 5.32 Å². The van der Waals surface area contributed by atoms with Crippen molar-refractivity contribution >= 4 is 11.8 Å². The summed E-state index contributed by atoms with van der Waals surface area (Å²) in [6, 6.07) is -0.399. The Bertz CT molecular complexity index is 479. The quantitative estimate of drug-likeness (QED) is 0.743. The van der Waals surface area contributed by atoms with E-state index in [1.165, 1.54) is 0 Å². The Kier molecular flexibility index (Phi) is 3.29. The van der Waals surface area contributed by atoms with Gasteiger partial charge in [-0.1, -0.05) is 20.8 Å². The molecule has 6 nitrogen and oxygen atoms in total. The van der Waals surface area contributed by atoms with Crippen molar-refractivity contribution in [2.45, 2.75) is 51.3 Å². The Labute approximate surface area is 125 Å². The van der Waals surface area contributed by atoms with E-state index in [0.717, 1.165) is 6.42 Å². The van der Waals surface area contributed by atoms with Gasteiger partial charge in [-0.15, -0.1) is 0 Å². The molecule has 1 aliphatic carbocycles. The van der Waals surface area contributed by atoms with Crippen molar-refractivity contribution in [2.24, 2.45) is 17.1 Å². The van der Waals surface area contributed by atoms with Crippen LogP contribution < -0.4 is 11.1 Å². The highest BCUT2D eigenvalue weighted by molar-refractivity contribution is 5.95. The van der Waals surface area contributed by atoms with E-state index >= 15 is 0 Å². The standard InChI is InChI=1S/C15H25N3O3/c1-4-10-12(19)17-6-7-18(10)13(20)15(16)9-5-8-21-11(9)14(15,2)3/h9-11H,4-8,16H2,1-3H3,(H,17,19). The summed E-state index contributed by atoms with van der Waals surface area (Å²) in [5.41, 5.74) is 5.29. The number of amides is 2. The van der Waals surface area contributed by atoms with Gasteiger partial charge in [-0.25, -0.2) is 0 Å². The van der Waals surface area contributed by atoms with Gasteiger partial charge in [-0.3, -0.25) is 9.59 Å². The summed E-state index contributed by atoms with van der Waals surface area (Å²) in [4.78, 5) is 26.8. The molecule has 2 amide bonds. The summed E-state index contributed by atoms with van der Waals surface area (Å²) in [5.74, 6) is -0.0829. The van der Waals surface area contributed by atoms with Crippen LogP contribution in [0.25, 0.3) is 0 Å². The number of fused-ring (bicyclic) bond motifs is 1. The molecule has 4 unspecified atom stereocenters. The van der Waals surface area contributed by atoms with E-state index in [0.29, 0.717) is 26.1 Å². The highest BCUT2D eigenvalue weighted by Crippen LogP contribution is 2.58.